The molecule has 11 rings (SSSR count). The summed E-state index contributed by atoms with van der Waals surface area (Å²) in [6.07, 6.45) is 0. The van der Waals surface area contributed by atoms with Crippen LogP contribution in [0.3, 0.4) is 0 Å². The van der Waals surface area contributed by atoms with Crippen LogP contribution in [-0.4, -0.2) is 24.5 Å². The van der Waals surface area contributed by atoms with Gasteiger partial charge in [-0.05, 0) is 63.2 Å². The second-order valence-electron chi connectivity index (χ2n) is 13.4. The predicted molar refractivity (Wildman–Crippen MR) is 207 cm³/mol. The lowest BCUT2D eigenvalue weighted by Crippen LogP contribution is -2.27. The van der Waals surface area contributed by atoms with Gasteiger partial charge in [-0.3, -0.25) is 4.57 Å². The topological polar surface area (TPSA) is 56.5 Å². The summed E-state index contributed by atoms with van der Waals surface area (Å²) in [5.74, 6) is 2.97. The molecule has 5 heteroatoms. The molecule has 1 aliphatic heterocycles. The Labute approximate surface area is 300 Å². The molecule has 2 aliphatic rings. The van der Waals surface area contributed by atoms with E-state index in [4.69, 9.17) is 19.9 Å². The van der Waals surface area contributed by atoms with Crippen molar-refractivity contribution in [2.75, 3.05) is 0 Å². The van der Waals surface area contributed by atoms with E-state index in [1.165, 1.54) is 33.5 Å². The van der Waals surface area contributed by atoms with Crippen LogP contribution in [0.25, 0.3) is 73.1 Å². The molecule has 242 valence electrons. The van der Waals surface area contributed by atoms with Crippen LogP contribution >= 0.6 is 0 Å². The van der Waals surface area contributed by atoms with Gasteiger partial charge in [-0.25, -0.2) is 19.9 Å². The normalized spacial score (nSPS) is 15.0. The number of para-hydroxylation sites is 3. The molecule has 52 heavy (non-hydrogen) atoms. The van der Waals surface area contributed by atoms with Crippen LogP contribution in [0.1, 0.15) is 22.5 Å². The van der Waals surface area contributed by atoms with Gasteiger partial charge >= 0.3 is 0 Å². The SMILES string of the molecule is c1ccc(-c2nc(-c3ccccc3)nc(-c3cccc(-c4cccc5c4-c4ccccc4C54c5ccccc5-n5c4nc4ccccc45)c3)n2)cc1. The quantitative estimate of drug-likeness (QED) is 0.188. The summed E-state index contributed by atoms with van der Waals surface area (Å²) in [5.41, 5.74) is 14.1. The fourth-order valence-corrected chi connectivity index (χ4v) is 8.49. The molecule has 3 heterocycles. The molecule has 0 N–H and O–H groups in total. The highest BCUT2D eigenvalue weighted by molar-refractivity contribution is 5.98. The van der Waals surface area contributed by atoms with Crippen LogP contribution in [0.4, 0.5) is 0 Å². The molecule has 1 atom stereocenters. The van der Waals surface area contributed by atoms with Gasteiger partial charge in [0.1, 0.15) is 11.2 Å². The Kier molecular flexibility index (Phi) is 6.10. The van der Waals surface area contributed by atoms with Crippen LogP contribution in [0.15, 0.2) is 176 Å². The summed E-state index contributed by atoms with van der Waals surface area (Å²) in [4.78, 5) is 20.4. The van der Waals surface area contributed by atoms with Crippen molar-refractivity contribution >= 4 is 11.0 Å². The highest BCUT2D eigenvalue weighted by Gasteiger charge is 2.54. The van der Waals surface area contributed by atoms with Gasteiger partial charge in [0.2, 0.25) is 0 Å². The van der Waals surface area contributed by atoms with Crippen molar-refractivity contribution in [2.45, 2.75) is 5.41 Å². The summed E-state index contributed by atoms with van der Waals surface area (Å²) in [6, 6.07) is 61.8. The number of nitrogens with zero attached hydrogens (tertiary/aromatic N) is 5. The number of hydrogen-bond acceptors (Lipinski definition) is 4. The molecule has 2 aromatic heterocycles. The Balaban J connectivity index is 1.13. The Hall–Kier alpha value is -6.98. The Bertz CT molecular complexity index is 2800. The fraction of sp³-hybridized carbons (Fsp3) is 0.0213. The number of benzene rings is 7. The zero-order valence-corrected chi connectivity index (χ0v) is 28.0. The van der Waals surface area contributed by atoms with Crippen molar-refractivity contribution in [1.82, 2.24) is 24.5 Å². The number of aromatic nitrogens is 5. The van der Waals surface area contributed by atoms with E-state index in [9.17, 15) is 0 Å². The molecule has 9 aromatic rings. The van der Waals surface area contributed by atoms with E-state index in [1.807, 2.05) is 60.7 Å². The summed E-state index contributed by atoms with van der Waals surface area (Å²) < 4.78 is 2.37. The lowest BCUT2D eigenvalue weighted by Gasteiger charge is -2.27. The van der Waals surface area contributed by atoms with Crippen molar-refractivity contribution in [3.63, 3.8) is 0 Å². The number of hydrogen-bond donors (Lipinski definition) is 0. The van der Waals surface area contributed by atoms with Crippen molar-refractivity contribution in [3.05, 3.63) is 198 Å². The number of imidazole rings is 1. The highest BCUT2D eigenvalue weighted by atomic mass is 15.1. The summed E-state index contributed by atoms with van der Waals surface area (Å²) in [7, 11) is 0. The van der Waals surface area contributed by atoms with Crippen LogP contribution in [0.5, 0.6) is 0 Å². The molecule has 0 saturated carbocycles. The zero-order chi connectivity index (χ0) is 34.2. The summed E-state index contributed by atoms with van der Waals surface area (Å²) in [5, 5.41) is 0. The molecule has 0 fully saturated rings. The lowest BCUT2D eigenvalue weighted by atomic mass is 9.72. The lowest BCUT2D eigenvalue weighted by molar-refractivity contribution is 0.738. The van der Waals surface area contributed by atoms with Crippen LogP contribution in [0, 0.1) is 0 Å². The second kappa shape index (κ2) is 11.0. The Morgan fingerprint density at radius 3 is 1.69 bits per heavy atom. The monoisotopic (exact) mass is 663 g/mol. The second-order valence-corrected chi connectivity index (χ2v) is 13.4. The molecular formula is C47H29N5. The minimum Gasteiger partial charge on any atom is -0.295 e. The molecular weight excluding hydrogens is 635 g/mol. The van der Waals surface area contributed by atoms with Crippen LogP contribution in [0.2, 0.25) is 0 Å². The third-order valence-electron chi connectivity index (χ3n) is 10.6. The fourth-order valence-electron chi connectivity index (χ4n) is 8.49. The van der Waals surface area contributed by atoms with Crippen molar-refractivity contribution < 1.29 is 0 Å². The molecule has 1 aliphatic carbocycles. The number of fused-ring (bicyclic) bond motifs is 12. The van der Waals surface area contributed by atoms with Crippen LogP contribution < -0.4 is 0 Å². The van der Waals surface area contributed by atoms with Gasteiger partial charge in [0.15, 0.2) is 17.5 Å². The molecule has 0 amide bonds. The average Bonchev–Trinajstić information content (AvgIpc) is 3.85. The minimum atomic E-state index is -0.557. The molecule has 5 nitrogen and oxygen atoms in total. The first kappa shape index (κ1) is 28.8. The zero-order valence-electron chi connectivity index (χ0n) is 28.0. The third kappa shape index (κ3) is 3.99. The summed E-state index contributed by atoms with van der Waals surface area (Å²) >= 11 is 0. The van der Waals surface area contributed by atoms with Gasteiger partial charge in [0.25, 0.3) is 0 Å². The Morgan fingerprint density at radius 2 is 0.923 bits per heavy atom. The van der Waals surface area contributed by atoms with E-state index in [2.05, 4.69) is 120 Å². The Morgan fingerprint density at radius 1 is 0.385 bits per heavy atom. The molecule has 1 spiro atoms. The maximum Gasteiger partial charge on any atom is 0.164 e. The maximum atomic E-state index is 5.40. The number of rotatable bonds is 4. The van der Waals surface area contributed by atoms with E-state index in [0.29, 0.717) is 17.5 Å². The summed E-state index contributed by atoms with van der Waals surface area (Å²) in [6.45, 7) is 0. The molecule has 0 saturated heterocycles. The van der Waals surface area contributed by atoms with Crippen LogP contribution in [-0.2, 0) is 5.41 Å². The van der Waals surface area contributed by atoms with E-state index in [0.717, 1.165) is 44.7 Å². The van der Waals surface area contributed by atoms with Gasteiger partial charge in [0.05, 0.1) is 16.7 Å². The maximum absolute atomic E-state index is 5.40. The van der Waals surface area contributed by atoms with Gasteiger partial charge in [-0.15, -0.1) is 0 Å². The molecule has 7 aromatic carbocycles. The molecule has 1 unspecified atom stereocenters. The van der Waals surface area contributed by atoms with E-state index in [1.54, 1.807) is 0 Å². The van der Waals surface area contributed by atoms with E-state index in [-0.39, 0.29) is 0 Å². The first-order valence-corrected chi connectivity index (χ1v) is 17.6. The van der Waals surface area contributed by atoms with Gasteiger partial charge in [0, 0.05) is 16.7 Å². The molecule has 0 bridgehead atoms. The third-order valence-corrected chi connectivity index (χ3v) is 10.6. The van der Waals surface area contributed by atoms with Crippen molar-refractivity contribution in [3.8, 4) is 62.1 Å². The minimum absolute atomic E-state index is 0.557. The van der Waals surface area contributed by atoms with E-state index >= 15 is 0 Å². The highest BCUT2D eigenvalue weighted by Crippen LogP contribution is 2.61. The molecule has 0 radical (unpaired) electrons. The first-order valence-electron chi connectivity index (χ1n) is 17.6. The predicted octanol–water partition coefficient (Wildman–Crippen LogP) is 10.6. The standard InChI is InChI=1S/C47H29N5/c1-3-15-30(16-4-1)43-49-44(31-17-5-2-6-18-31)51-45(50-43)33-20-13-19-32(29-33)34-22-14-25-38-42(34)35-21-7-8-23-36(35)47(38)37-24-9-11-27-40(37)52-41-28-12-10-26-39(41)48-46(47)52/h1-29H. The van der Waals surface area contributed by atoms with E-state index < -0.39 is 5.41 Å². The van der Waals surface area contributed by atoms with Crippen molar-refractivity contribution in [1.29, 1.82) is 0 Å². The van der Waals surface area contributed by atoms with Gasteiger partial charge < -0.3 is 0 Å². The van der Waals surface area contributed by atoms with Crippen molar-refractivity contribution in [2.24, 2.45) is 0 Å². The largest absolute Gasteiger partial charge is 0.295 e. The van der Waals surface area contributed by atoms with Gasteiger partial charge in [-0.1, -0.05) is 152 Å². The van der Waals surface area contributed by atoms with Gasteiger partial charge in [-0.2, -0.15) is 0 Å². The first-order chi connectivity index (χ1) is 25.8. The smallest absolute Gasteiger partial charge is 0.164 e. The average molecular weight is 664 g/mol.